The summed E-state index contributed by atoms with van der Waals surface area (Å²) in [4.78, 5) is 4.37. The summed E-state index contributed by atoms with van der Waals surface area (Å²) >= 11 is 0. The number of hydrogen-bond donors (Lipinski definition) is 2. The SMILES string of the molecule is COCC(C)NC(N)=NCc1ccccc1OCCC(C)C. The van der Waals surface area contributed by atoms with Crippen molar-refractivity contribution in [1.82, 2.24) is 5.32 Å². The Labute approximate surface area is 133 Å². The minimum absolute atomic E-state index is 0.131. The zero-order valence-electron chi connectivity index (χ0n) is 14.1. The molecule has 0 radical (unpaired) electrons. The van der Waals surface area contributed by atoms with E-state index in [1.807, 2.05) is 31.2 Å². The number of guanidine groups is 1. The minimum atomic E-state index is 0.131. The number of rotatable bonds is 9. The van der Waals surface area contributed by atoms with Crippen molar-refractivity contribution in [3.8, 4) is 5.75 Å². The molecule has 22 heavy (non-hydrogen) atoms. The topological polar surface area (TPSA) is 68.9 Å². The standard InChI is InChI=1S/C17H29N3O2/c1-13(2)9-10-22-16-8-6-5-7-15(16)11-19-17(18)20-14(3)12-21-4/h5-8,13-14H,9-12H2,1-4H3,(H3,18,19,20). The highest BCUT2D eigenvalue weighted by Crippen LogP contribution is 2.19. The molecule has 0 heterocycles. The first-order valence-corrected chi connectivity index (χ1v) is 7.79. The van der Waals surface area contributed by atoms with Gasteiger partial charge >= 0.3 is 0 Å². The molecule has 1 aromatic rings. The van der Waals surface area contributed by atoms with Crippen molar-refractivity contribution in [2.24, 2.45) is 16.6 Å². The monoisotopic (exact) mass is 307 g/mol. The Morgan fingerprint density at radius 2 is 2.00 bits per heavy atom. The van der Waals surface area contributed by atoms with E-state index in [4.69, 9.17) is 15.2 Å². The number of para-hydroxylation sites is 1. The molecular weight excluding hydrogens is 278 g/mol. The Hall–Kier alpha value is -1.75. The molecule has 0 aliphatic carbocycles. The summed E-state index contributed by atoms with van der Waals surface area (Å²) in [5, 5.41) is 3.09. The maximum absolute atomic E-state index is 5.89. The summed E-state index contributed by atoms with van der Waals surface area (Å²) in [6, 6.07) is 8.08. The predicted molar refractivity (Wildman–Crippen MR) is 91.2 cm³/mol. The van der Waals surface area contributed by atoms with Gasteiger partial charge in [0.2, 0.25) is 0 Å². The number of nitrogens with one attached hydrogen (secondary N) is 1. The van der Waals surface area contributed by atoms with Gasteiger partial charge in [-0.3, -0.25) is 0 Å². The molecule has 1 atom stereocenters. The van der Waals surface area contributed by atoms with E-state index >= 15 is 0 Å². The van der Waals surface area contributed by atoms with Crippen LogP contribution in [0.1, 0.15) is 32.8 Å². The molecule has 0 bridgehead atoms. The summed E-state index contributed by atoms with van der Waals surface area (Å²) in [7, 11) is 1.66. The summed E-state index contributed by atoms with van der Waals surface area (Å²) in [6.45, 7) is 8.17. The van der Waals surface area contributed by atoms with E-state index in [0.717, 1.165) is 24.3 Å². The van der Waals surface area contributed by atoms with E-state index in [1.54, 1.807) is 7.11 Å². The maximum Gasteiger partial charge on any atom is 0.189 e. The van der Waals surface area contributed by atoms with E-state index in [1.165, 1.54) is 0 Å². The van der Waals surface area contributed by atoms with E-state index < -0.39 is 0 Å². The largest absolute Gasteiger partial charge is 0.493 e. The molecule has 3 N–H and O–H groups in total. The Kier molecular flexibility index (Phi) is 8.36. The quantitative estimate of drug-likeness (QED) is 0.543. The van der Waals surface area contributed by atoms with Crippen LogP contribution in [0, 0.1) is 5.92 Å². The van der Waals surface area contributed by atoms with Crippen molar-refractivity contribution >= 4 is 5.96 Å². The van der Waals surface area contributed by atoms with Crippen LogP contribution < -0.4 is 15.8 Å². The average Bonchev–Trinajstić information content (AvgIpc) is 2.46. The molecule has 1 rings (SSSR count). The van der Waals surface area contributed by atoms with Crippen LogP contribution in [0.5, 0.6) is 5.75 Å². The predicted octanol–water partition coefficient (Wildman–Crippen LogP) is 2.55. The fourth-order valence-electron chi connectivity index (χ4n) is 1.94. The molecule has 1 unspecified atom stereocenters. The van der Waals surface area contributed by atoms with Crippen LogP contribution in [0.2, 0.25) is 0 Å². The van der Waals surface area contributed by atoms with Gasteiger partial charge in [-0.2, -0.15) is 0 Å². The number of benzene rings is 1. The zero-order chi connectivity index (χ0) is 16.4. The summed E-state index contributed by atoms with van der Waals surface area (Å²) < 4.78 is 10.9. The van der Waals surface area contributed by atoms with E-state index in [-0.39, 0.29) is 6.04 Å². The first-order valence-electron chi connectivity index (χ1n) is 7.79. The van der Waals surface area contributed by atoms with Gasteiger partial charge in [-0.05, 0) is 25.3 Å². The highest BCUT2D eigenvalue weighted by Gasteiger charge is 2.05. The lowest BCUT2D eigenvalue weighted by Gasteiger charge is -2.14. The fraction of sp³-hybridized carbons (Fsp3) is 0.588. The first kappa shape index (κ1) is 18.3. The Balaban J connectivity index is 2.57. The molecule has 0 saturated heterocycles. The van der Waals surface area contributed by atoms with Crippen LogP contribution in [-0.2, 0) is 11.3 Å². The van der Waals surface area contributed by atoms with Crippen molar-refractivity contribution < 1.29 is 9.47 Å². The first-order chi connectivity index (χ1) is 10.5. The van der Waals surface area contributed by atoms with Crippen LogP contribution in [0.4, 0.5) is 0 Å². The Bertz CT molecular complexity index is 461. The number of ether oxygens (including phenoxy) is 2. The molecule has 0 saturated carbocycles. The van der Waals surface area contributed by atoms with Crippen molar-refractivity contribution in [2.45, 2.75) is 39.8 Å². The summed E-state index contributed by atoms with van der Waals surface area (Å²) in [5.74, 6) is 1.93. The number of methoxy groups -OCH3 is 1. The van der Waals surface area contributed by atoms with E-state index in [2.05, 4.69) is 24.2 Å². The molecular formula is C17H29N3O2. The highest BCUT2D eigenvalue weighted by molar-refractivity contribution is 5.78. The number of nitrogens with zero attached hydrogens (tertiary/aromatic N) is 1. The number of nitrogens with two attached hydrogens (primary N) is 1. The fourth-order valence-corrected chi connectivity index (χ4v) is 1.94. The molecule has 0 amide bonds. The lowest BCUT2D eigenvalue weighted by molar-refractivity contribution is 0.179. The van der Waals surface area contributed by atoms with Crippen LogP contribution in [0.3, 0.4) is 0 Å². The Morgan fingerprint density at radius 3 is 2.68 bits per heavy atom. The molecule has 0 fully saturated rings. The molecule has 0 aliphatic heterocycles. The summed E-state index contributed by atoms with van der Waals surface area (Å²) in [5.41, 5.74) is 6.92. The van der Waals surface area contributed by atoms with Gasteiger partial charge in [-0.15, -0.1) is 0 Å². The molecule has 0 spiro atoms. The molecule has 5 heteroatoms. The van der Waals surface area contributed by atoms with Gasteiger partial charge in [0, 0.05) is 18.7 Å². The third kappa shape index (κ3) is 7.31. The normalized spacial score (nSPS) is 13.2. The second kappa shape index (κ2) is 10.1. The van der Waals surface area contributed by atoms with E-state index in [9.17, 15) is 0 Å². The smallest absolute Gasteiger partial charge is 0.189 e. The molecule has 1 aromatic carbocycles. The van der Waals surface area contributed by atoms with Crippen molar-refractivity contribution in [3.63, 3.8) is 0 Å². The van der Waals surface area contributed by atoms with Crippen LogP contribution in [0.15, 0.2) is 29.3 Å². The van der Waals surface area contributed by atoms with Gasteiger partial charge in [-0.1, -0.05) is 32.0 Å². The third-order valence-electron chi connectivity index (χ3n) is 3.16. The molecule has 0 aliphatic rings. The molecule has 5 nitrogen and oxygen atoms in total. The maximum atomic E-state index is 5.89. The van der Waals surface area contributed by atoms with Crippen molar-refractivity contribution in [2.75, 3.05) is 20.3 Å². The van der Waals surface area contributed by atoms with Gasteiger partial charge in [0.25, 0.3) is 0 Å². The average molecular weight is 307 g/mol. The van der Waals surface area contributed by atoms with Crippen molar-refractivity contribution in [1.29, 1.82) is 0 Å². The van der Waals surface area contributed by atoms with Gasteiger partial charge in [0.1, 0.15) is 5.75 Å². The van der Waals surface area contributed by atoms with Crippen molar-refractivity contribution in [3.05, 3.63) is 29.8 Å². The van der Waals surface area contributed by atoms with Gasteiger partial charge in [0.15, 0.2) is 5.96 Å². The number of aliphatic imine (C=N–C) groups is 1. The highest BCUT2D eigenvalue weighted by atomic mass is 16.5. The number of hydrogen-bond acceptors (Lipinski definition) is 3. The van der Waals surface area contributed by atoms with E-state index in [0.29, 0.717) is 25.0 Å². The summed E-state index contributed by atoms with van der Waals surface area (Å²) in [6.07, 6.45) is 1.04. The van der Waals surface area contributed by atoms with Gasteiger partial charge < -0.3 is 20.5 Å². The van der Waals surface area contributed by atoms with Gasteiger partial charge in [-0.25, -0.2) is 4.99 Å². The van der Waals surface area contributed by atoms with Crippen LogP contribution >= 0.6 is 0 Å². The molecule has 124 valence electrons. The van der Waals surface area contributed by atoms with Gasteiger partial charge in [0.05, 0.1) is 19.8 Å². The van der Waals surface area contributed by atoms with Crippen LogP contribution in [-0.4, -0.2) is 32.3 Å². The lowest BCUT2D eigenvalue weighted by Crippen LogP contribution is -2.40. The third-order valence-corrected chi connectivity index (χ3v) is 3.16. The second-order valence-corrected chi connectivity index (χ2v) is 5.84. The lowest BCUT2D eigenvalue weighted by atomic mass is 10.1. The van der Waals surface area contributed by atoms with Crippen LogP contribution in [0.25, 0.3) is 0 Å². The zero-order valence-corrected chi connectivity index (χ0v) is 14.1. The second-order valence-electron chi connectivity index (χ2n) is 5.84. The minimum Gasteiger partial charge on any atom is -0.493 e. The molecule has 0 aromatic heterocycles. The Morgan fingerprint density at radius 1 is 1.27 bits per heavy atom.